The maximum absolute atomic E-state index is 12.6. The molecule has 0 amide bonds. The summed E-state index contributed by atoms with van der Waals surface area (Å²) in [4.78, 5) is 12.6. The first-order valence-corrected chi connectivity index (χ1v) is 11.4. The number of ether oxygens (including phenoxy) is 1. The topological polar surface area (TPSA) is 46.5 Å². The number of carbonyl (C=O) groups excluding carboxylic acids is 1. The molecule has 5 aliphatic rings. The van der Waals surface area contributed by atoms with Crippen LogP contribution in [-0.4, -0.2) is 16.9 Å². The van der Waals surface area contributed by atoms with E-state index in [9.17, 15) is 9.90 Å². The Morgan fingerprint density at radius 3 is 2.64 bits per heavy atom. The fraction of sp³-hybridized carbons (Fsp3) is 0.800. The van der Waals surface area contributed by atoms with Gasteiger partial charge in [-0.1, -0.05) is 39.0 Å². The molecule has 0 spiro atoms. The summed E-state index contributed by atoms with van der Waals surface area (Å²) in [5, 5.41) is 11.1. The van der Waals surface area contributed by atoms with Gasteiger partial charge in [0.1, 0.15) is 0 Å². The largest absolute Gasteiger partial charge is 0.429 e. The molecule has 28 heavy (non-hydrogen) atoms. The molecular weight excluding hydrogens is 348 g/mol. The summed E-state index contributed by atoms with van der Waals surface area (Å²) >= 11 is 0. The quantitative estimate of drug-likeness (QED) is 0.496. The van der Waals surface area contributed by atoms with Crippen molar-refractivity contribution < 1.29 is 14.6 Å². The summed E-state index contributed by atoms with van der Waals surface area (Å²) in [6.07, 6.45) is 9.95. The molecule has 4 fully saturated rings. The highest BCUT2D eigenvalue weighted by molar-refractivity contribution is 5.92. The number of carbonyl (C=O) groups is 1. The van der Waals surface area contributed by atoms with Crippen molar-refractivity contribution in [1.29, 1.82) is 0 Å². The standard InChI is InChI=1S/C25H36O3/c1-14(2)16-8-9-23(4)10-11-24(5)13-18-15(3)12-25(27)20(18)17(22(26)28-25)6-7-19(24)21(16)23/h6,15-16,18-21,27H,1,7-13H2,2-5H3/b17-6+/t15-,16+,18-,19-,20-,21-,23-,24+,25+/m0/s1. The lowest BCUT2D eigenvalue weighted by Gasteiger charge is -2.55. The van der Waals surface area contributed by atoms with Gasteiger partial charge in [-0.3, -0.25) is 0 Å². The van der Waals surface area contributed by atoms with Crippen molar-refractivity contribution in [3.05, 3.63) is 23.8 Å². The third-order valence-electron chi connectivity index (χ3n) is 9.89. The van der Waals surface area contributed by atoms with Crippen molar-refractivity contribution in [3.63, 3.8) is 0 Å². The van der Waals surface area contributed by atoms with Crippen molar-refractivity contribution in [2.45, 2.75) is 78.4 Å². The minimum atomic E-state index is -1.26. The Labute approximate surface area is 169 Å². The highest BCUT2D eigenvalue weighted by atomic mass is 16.7. The monoisotopic (exact) mass is 384 g/mol. The van der Waals surface area contributed by atoms with Crippen LogP contribution in [0, 0.1) is 46.3 Å². The molecule has 0 radical (unpaired) electrons. The normalized spacial score (nSPS) is 56.6. The van der Waals surface area contributed by atoms with Gasteiger partial charge >= 0.3 is 5.97 Å². The number of hydrogen-bond donors (Lipinski definition) is 1. The van der Waals surface area contributed by atoms with E-state index in [2.05, 4.69) is 40.3 Å². The molecule has 1 aliphatic heterocycles. The predicted octanol–water partition coefficient (Wildman–Crippen LogP) is 5.25. The van der Waals surface area contributed by atoms with E-state index in [0.29, 0.717) is 41.4 Å². The smallest absolute Gasteiger partial charge is 0.336 e. The Morgan fingerprint density at radius 1 is 1.21 bits per heavy atom. The van der Waals surface area contributed by atoms with Crippen LogP contribution in [0.1, 0.15) is 72.6 Å². The molecule has 1 heterocycles. The number of allylic oxidation sites excluding steroid dienone is 2. The van der Waals surface area contributed by atoms with Crippen molar-refractivity contribution in [3.8, 4) is 0 Å². The Bertz CT molecular complexity index is 768. The van der Waals surface area contributed by atoms with Crippen molar-refractivity contribution in [2.75, 3.05) is 0 Å². The number of rotatable bonds is 1. The maximum atomic E-state index is 12.6. The van der Waals surface area contributed by atoms with Crippen LogP contribution >= 0.6 is 0 Å². The van der Waals surface area contributed by atoms with Crippen LogP contribution in [0.4, 0.5) is 0 Å². The zero-order valence-electron chi connectivity index (χ0n) is 18.0. The highest BCUT2D eigenvalue weighted by Crippen LogP contribution is 2.67. The molecule has 0 aromatic carbocycles. The van der Waals surface area contributed by atoms with Crippen molar-refractivity contribution in [1.82, 2.24) is 0 Å². The summed E-state index contributed by atoms with van der Waals surface area (Å²) < 4.78 is 5.55. The van der Waals surface area contributed by atoms with Crippen LogP contribution in [-0.2, 0) is 9.53 Å². The van der Waals surface area contributed by atoms with E-state index in [1.807, 2.05) is 0 Å². The first-order valence-electron chi connectivity index (χ1n) is 11.4. The minimum Gasteiger partial charge on any atom is -0.429 e. The van der Waals surface area contributed by atoms with Gasteiger partial charge in [0, 0.05) is 12.0 Å². The molecule has 5 rings (SSSR count). The number of aliphatic hydroxyl groups is 1. The van der Waals surface area contributed by atoms with Gasteiger partial charge < -0.3 is 9.84 Å². The summed E-state index contributed by atoms with van der Waals surface area (Å²) in [6.45, 7) is 13.8. The van der Waals surface area contributed by atoms with E-state index >= 15 is 0 Å². The van der Waals surface area contributed by atoms with Gasteiger partial charge in [0.05, 0.1) is 5.92 Å². The Kier molecular flexibility index (Phi) is 3.88. The molecule has 9 atom stereocenters. The van der Waals surface area contributed by atoms with E-state index in [1.165, 1.54) is 31.3 Å². The lowest BCUT2D eigenvalue weighted by atomic mass is 9.49. The van der Waals surface area contributed by atoms with Crippen LogP contribution < -0.4 is 0 Å². The Morgan fingerprint density at radius 2 is 1.93 bits per heavy atom. The number of hydrogen-bond acceptors (Lipinski definition) is 3. The Balaban J connectivity index is 1.60. The third-order valence-corrected chi connectivity index (χ3v) is 9.89. The Hall–Kier alpha value is -1.09. The van der Waals surface area contributed by atoms with Crippen LogP contribution in [0.2, 0.25) is 0 Å². The van der Waals surface area contributed by atoms with Crippen molar-refractivity contribution >= 4 is 5.97 Å². The van der Waals surface area contributed by atoms with Gasteiger partial charge in [-0.05, 0) is 85.9 Å². The van der Waals surface area contributed by atoms with Crippen LogP contribution in [0.5, 0.6) is 0 Å². The van der Waals surface area contributed by atoms with E-state index in [4.69, 9.17) is 4.74 Å². The lowest BCUT2D eigenvalue weighted by Crippen LogP contribution is -2.48. The molecule has 3 saturated carbocycles. The first kappa shape index (κ1) is 18.9. The molecule has 0 aromatic rings. The molecule has 154 valence electrons. The fourth-order valence-corrected chi connectivity index (χ4v) is 8.45. The lowest BCUT2D eigenvalue weighted by molar-refractivity contribution is -0.197. The summed E-state index contributed by atoms with van der Waals surface area (Å²) in [5.74, 6) is 0.920. The number of esters is 1. The second-order valence-corrected chi connectivity index (χ2v) is 11.6. The predicted molar refractivity (Wildman–Crippen MR) is 109 cm³/mol. The van der Waals surface area contributed by atoms with Gasteiger partial charge in [-0.2, -0.15) is 0 Å². The molecule has 4 aliphatic carbocycles. The first-order chi connectivity index (χ1) is 13.1. The van der Waals surface area contributed by atoms with Gasteiger partial charge in [0.2, 0.25) is 5.79 Å². The molecule has 1 N–H and O–H groups in total. The summed E-state index contributed by atoms with van der Waals surface area (Å²) in [6, 6.07) is 0. The van der Waals surface area contributed by atoms with Gasteiger partial charge in [0.25, 0.3) is 0 Å². The molecular formula is C25H36O3. The van der Waals surface area contributed by atoms with E-state index < -0.39 is 5.79 Å². The average Bonchev–Trinajstić information content (AvgIpc) is 3.13. The second kappa shape index (κ2) is 5.74. The van der Waals surface area contributed by atoms with Crippen LogP contribution in [0.25, 0.3) is 0 Å². The molecule has 3 nitrogen and oxygen atoms in total. The van der Waals surface area contributed by atoms with Crippen molar-refractivity contribution in [2.24, 2.45) is 46.3 Å². The van der Waals surface area contributed by atoms with Gasteiger partial charge in [-0.15, -0.1) is 0 Å². The van der Waals surface area contributed by atoms with Crippen LogP contribution in [0.3, 0.4) is 0 Å². The molecule has 3 heteroatoms. The summed E-state index contributed by atoms with van der Waals surface area (Å²) in [7, 11) is 0. The second-order valence-electron chi connectivity index (χ2n) is 11.6. The third kappa shape index (κ3) is 2.35. The minimum absolute atomic E-state index is 0.124. The van der Waals surface area contributed by atoms with E-state index in [-0.39, 0.29) is 17.3 Å². The SMILES string of the molecule is C=C(C)[C@H]1CC[C@@]2(C)CC[C@]3(C)C[C@H]4[C@@H](C)C[C@@]5(O)OC(=O)/C(=C/C[C@H]3[C@H]12)[C@@H]45. The van der Waals surface area contributed by atoms with E-state index in [1.54, 1.807) is 0 Å². The number of fused-ring (bicyclic) bond motifs is 3. The average molecular weight is 385 g/mol. The molecule has 1 saturated heterocycles. The highest BCUT2D eigenvalue weighted by Gasteiger charge is 2.65. The molecule has 0 unspecified atom stereocenters. The van der Waals surface area contributed by atoms with Gasteiger partial charge in [-0.25, -0.2) is 4.79 Å². The zero-order valence-corrected chi connectivity index (χ0v) is 18.0. The fourth-order valence-electron chi connectivity index (χ4n) is 8.45. The zero-order chi connectivity index (χ0) is 20.1. The van der Waals surface area contributed by atoms with E-state index in [0.717, 1.165) is 18.4 Å². The maximum Gasteiger partial charge on any atom is 0.336 e. The molecule has 0 aromatic heterocycles. The summed E-state index contributed by atoms with van der Waals surface area (Å²) in [5.41, 5.74) is 2.79. The van der Waals surface area contributed by atoms with Crippen LogP contribution in [0.15, 0.2) is 23.8 Å². The van der Waals surface area contributed by atoms with Gasteiger partial charge in [0.15, 0.2) is 0 Å². The molecule has 0 bridgehead atoms.